The zero-order valence-corrected chi connectivity index (χ0v) is 20.2. The number of carboxylic acid groups (broad SMARTS) is 1. The lowest BCUT2D eigenvalue weighted by atomic mass is 9.77. The van der Waals surface area contributed by atoms with Crippen LogP contribution in [-0.4, -0.2) is 61.1 Å². The fourth-order valence-electron chi connectivity index (χ4n) is 5.60. The van der Waals surface area contributed by atoms with E-state index in [1.165, 1.54) is 11.0 Å². The van der Waals surface area contributed by atoms with Gasteiger partial charge < -0.3 is 14.9 Å². The predicted octanol–water partition coefficient (Wildman–Crippen LogP) is 3.69. The Kier molecular flexibility index (Phi) is 6.30. The van der Waals surface area contributed by atoms with Gasteiger partial charge in [-0.3, -0.25) is 19.1 Å². The lowest BCUT2D eigenvalue weighted by molar-refractivity contribution is 0.0660. The second kappa shape index (κ2) is 9.56. The van der Waals surface area contributed by atoms with E-state index >= 15 is 0 Å². The molecule has 4 heterocycles. The van der Waals surface area contributed by atoms with Crippen molar-refractivity contribution in [3.63, 3.8) is 0 Å². The van der Waals surface area contributed by atoms with Gasteiger partial charge in [0.15, 0.2) is 5.78 Å². The molecule has 5 rings (SSSR count). The molecule has 186 valence electrons. The van der Waals surface area contributed by atoms with Gasteiger partial charge in [0.05, 0.1) is 12.2 Å². The summed E-state index contributed by atoms with van der Waals surface area (Å²) in [5, 5.41) is 9.74. The van der Waals surface area contributed by atoms with Gasteiger partial charge in [-0.25, -0.2) is 9.78 Å². The molecule has 0 radical (unpaired) electrons. The third-order valence-corrected chi connectivity index (χ3v) is 7.57. The average molecular weight is 488 g/mol. The maximum atomic E-state index is 13.4. The van der Waals surface area contributed by atoms with Crippen LogP contribution in [0.3, 0.4) is 0 Å². The van der Waals surface area contributed by atoms with Crippen LogP contribution in [0.1, 0.15) is 43.0 Å². The van der Waals surface area contributed by atoms with Crippen LogP contribution in [0.15, 0.2) is 65.7 Å². The van der Waals surface area contributed by atoms with Gasteiger partial charge >= 0.3 is 6.09 Å². The second-order valence-electron chi connectivity index (χ2n) is 9.51. The molecule has 2 aliphatic rings. The minimum absolute atomic E-state index is 0.0553. The molecule has 0 bridgehead atoms. The molecule has 1 aromatic carbocycles. The van der Waals surface area contributed by atoms with Crippen LogP contribution in [-0.2, 0) is 6.54 Å². The highest BCUT2D eigenvalue weighted by atomic mass is 16.4. The number of nitrogens with zero attached hydrogens (tertiary/aromatic N) is 5. The number of rotatable bonds is 5. The standard InChI is InChI=1S/C27H29N5O4/c1-2-21-17-27(10-14-30(21)26(35)36)11-15-31-24(34)16-22(19-8-12-28-13-9-19)29-25(31)32(27)18-23(33)20-6-4-3-5-7-20/h3-9,12-13,16,21H,2,10-11,14-15,17-18H2,1H3,(H,35,36). The summed E-state index contributed by atoms with van der Waals surface area (Å²) in [7, 11) is 0. The fraction of sp³-hybridized carbons (Fsp3) is 0.370. The molecular formula is C27H29N5O4. The lowest BCUT2D eigenvalue weighted by Crippen LogP contribution is -2.63. The maximum absolute atomic E-state index is 13.4. The number of pyridine rings is 1. The molecule has 1 amide bonds. The Labute approximate surface area is 209 Å². The Balaban J connectivity index is 1.61. The highest BCUT2D eigenvalue weighted by Crippen LogP contribution is 2.42. The van der Waals surface area contributed by atoms with Crippen molar-refractivity contribution in [1.82, 2.24) is 19.4 Å². The van der Waals surface area contributed by atoms with E-state index in [0.717, 1.165) is 5.56 Å². The molecule has 0 aliphatic carbocycles. The number of likely N-dealkylation sites (tertiary alicyclic amines) is 1. The Morgan fingerprint density at radius 3 is 2.50 bits per heavy atom. The third-order valence-electron chi connectivity index (χ3n) is 7.57. The minimum Gasteiger partial charge on any atom is -0.465 e. The molecule has 2 atom stereocenters. The van der Waals surface area contributed by atoms with E-state index in [9.17, 15) is 19.5 Å². The number of amides is 1. The molecule has 1 saturated heterocycles. The van der Waals surface area contributed by atoms with E-state index in [4.69, 9.17) is 4.98 Å². The number of Topliss-reactive ketones (excluding diaryl/α,β-unsaturated/α-hetero) is 1. The molecule has 2 unspecified atom stereocenters. The zero-order valence-electron chi connectivity index (χ0n) is 20.2. The van der Waals surface area contributed by atoms with Crippen molar-refractivity contribution < 1.29 is 14.7 Å². The van der Waals surface area contributed by atoms with Crippen molar-refractivity contribution in [3.05, 3.63) is 76.8 Å². The van der Waals surface area contributed by atoms with Gasteiger partial charge in [0.2, 0.25) is 5.95 Å². The van der Waals surface area contributed by atoms with E-state index in [1.807, 2.05) is 30.0 Å². The molecule has 1 N–H and O–H groups in total. The minimum atomic E-state index is -0.922. The number of anilines is 1. The van der Waals surface area contributed by atoms with Crippen LogP contribution in [0.4, 0.5) is 10.7 Å². The van der Waals surface area contributed by atoms with Crippen molar-refractivity contribution >= 4 is 17.8 Å². The number of carbonyl (C=O) groups is 2. The smallest absolute Gasteiger partial charge is 0.407 e. The van der Waals surface area contributed by atoms with Crippen LogP contribution in [0.25, 0.3) is 11.3 Å². The molecular weight excluding hydrogens is 458 g/mol. The molecule has 3 aromatic rings. The largest absolute Gasteiger partial charge is 0.465 e. The van der Waals surface area contributed by atoms with Gasteiger partial charge in [-0.15, -0.1) is 0 Å². The van der Waals surface area contributed by atoms with E-state index in [0.29, 0.717) is 56.0 Å². The van der Waals surface area contributed by atoms with E-state index < -0.39 is 11.6 Å². The predicted molar refractivity (Wildman–Crippen MR) is 135 cm³/mol. The summed E-state index contributed by atoms with van der Waals surface area (Å²) in [6.07, 6.45) is 4.84. The van der Waals surface area contributed by atoms with Gasteiger partial charge in [-0.1, -0.05) is 37.3 Å². The number of aromatic nitrogens is 3. The first-order valence-electron chi connectivity index (χ1n) is 12.3. The van der Waals surface area contributed by atoms with Gasteiger partial charge in [0, 0.05) is 54.3 Å². The monoisotopic (exact) mass is 487 g/mol. The number of hydrogen-bond acceptors (Lipinski definition) is 6. The first-order chi connectivity index (χ1) is 17.4. The second-order valence-corrected chi connectivity index (χ2v) is 9.51. The van der Waals surface area contributed by atoms with Gasteiger partial charge in [-0.2, -0.15) is 0 Å². The third kappa shape index (κ3) is 4.25. The van der Waals surface area contributed by atoms with Crippen LogP contribution >= 0.6 is 0 Å². The van der Waals surface area contributed by atoms with Gasteiger partial charge in [-0.05, 0) is 37.8 Å². The zero-order chi connectivity index (χ0) is 25.3. The van der Waals surface area contributed by atoms with Crippen LogP contribution in [0, 0.1) is 0 Å². The highest BCUT2D eigenvalue weighted by molar-refractivity contribution is 5.99. The molecule has 36 heavy (non-hydrogen) atoms. The summed E-state index contributed by atoms with van der Waals surface area (Å²) in [6.45, 7) is 2.88. The van der Waals surface area contributed by atoms with Crippen molar-refractivity contribution in [3.8, 4) is 11.3 Å². The number of hydrogen-bond donors (Lipinski definition) is 1. The van der Waals surface area contributed by atoms with Crippen LogP contribution < -0.4 is 10.5 Å². The number of fused-ring (bicyclic) bond motifs is 1. The average Bonchev–Trinajstić information content (AvgIpc) is 2.91. The SMILES string of the molecule is CCC1CC2(CCN1C(=O)O)CCn1c(nc(-c3ccncc3)cc1=O)N2CC(=O)c1ccccc1. The van der Waals surface area contributed by atoms with E-state index in [-0.39, 0.29) is 23.9 Å². The van der Waals surface area contributed by atoms with Gasteiger partial charge in [0.1, 0.15) is 0 Å². The Morgan fingerprint density at radius 1 is 1.08 bits per heavy atom. The van der Waals surface area contributed by atoms with Crippen molar-refractivity contribution in [2.24, 2.45) is 0 Å². The highest BCUT2D eigenvalue weighted by Gasteiger charge is 2.48. The van der Waals surface area contributed by atoms with Crippen molar-refractivity contribution in [1.29, 1.82) is 0 Å². The first kappa shape index (κ1) is 23.7. The van der Waals surface area contributed by atoms with Gasteiger partial charge in [0.25, 0.3) is 5.56 Å². The first-order valence-corrected chi connectivity index (χ1v) is 12.3. The summed E-state index contributed by atoms with van der Waals surface area (Å²) < 4.78 is 1.64. The Hall–Kier alpha value is -4.01. The quantitative estimate of drug-likeness (QED) is 0.547. The molecule has 2 aliphatic heterocycles. The van der Waals surface area contributed by atoms with Crippen LogP contribution in [0.2, 0.25) is 0 Å². The number of piperidine rings is 1. The summed E-state index contributed by atoms with van der Waals surface area (Å²) in [5.74, 6) is 0.393. The summed E-state index contributed by atoms with van der Waals surface area (Å²) in [6, 6.07) is 14.0. The number of carbonyl (C=O) groups excluding carboxylic acids is 1. The van der Waals surface area contributed by atoms with E-state index in [1.54, 1.807) is 41.2 Å². The Morgan fingerprint density at radius 2 is 1.81 bits per heavy atom. The number of ketones is 1. The summed E-state index contributed by atoms with van der Waals surface area (Å²) in [5.41, 5.74) is 1.23. The fourth-order valence-corrected chi connectivity index (χ4v) is 5.60. The molecule has 9 heteroatoms. The molecule has 9 nitrogen and oxygen atoms in total. The van der Waals surface area contributed by atoms with E-state index in [2.05, 4.69) is 4.98 Å². The van der Waals surface area contributed by atoms with Crippen LogP contribution in [0.5, 0.6) is 0 Å². The lowest BCUT2D eigenvalue weighted by Gasteiger charge is -2.54. The van der Waals surface area contributed by atoms with Crippen molar-refractivity contribution in [2.75, 3.05) is 18.0 Å². The molecule has 0 saturated carbocycles. The number of benzene rings is 1. The summed E-state index contributed by atoms with van der Waals surface area (Å²) in [4.78, 5) is 51.0. The maximum Gasteiger partial charge on any atom is 0.407 e. The molecule has 1 fully saturated rings. The topological polar surface area (TPSA) is 109 Å². The Bertz CT molecular complexity index is 1330. The summed E-state index contributed by atoms with van der Waals surface area (Å²) >= 11 is 0. The molecule has 1 spiro atoms. The normalized spacial score (nSPS) is 21.3. The molecule has 2 aromatic heterocycles. The van der Waals surface area contributed by atoms with Crippen molar-refractivity contribution in [2.45, 2.75) is 50.7 Å².